The Morgan fingerprint density at radius 2 is 1.94 bits per heavy atom. The van der Waals surface area contributed by atoms with Crippen molar-refractivity contribution in [2.45, 2.75) is 32.5 Å². The standard InChI is InChI=1S/C22H29N5O4/c1-22(2)18-17(14-31-22)20(27-9-12-30-13-10-27)26-19(25-18)15-4-6-16(7-5-15)24-21(29)23-8-3-11-28/h4-7,28H,3,8-14H2,1-2H3,(H2,23,24,29). The largest absolute Gasteiger partial charge is 0.396 e. The number of fused-ring (bicyclic) bond motifs is 1. The van der Waals surface area contributed by atoms with Gasteiger partial charge in [-0.3, -0.25) is 0 Å². The van der Waals surface area contributed by atoms with Gasteiger partial charge in [0.1, 0.15) is 11.4 Å². The van der Waals surface area contributed by atoms with E-state index >= 15 is 0 Å². The van der Waals surface area contributed by atoms with Crippen LogP contribution in [0.3, 0.4) is 0 Å². The number of ether oxygens (including phenoxy) is 2. The molecule has 3 heterocycles. The van der Waals surface area contributed by atoms with Crippen molar-refractivity contribution in [3.8, 4) is 11.4 Å². The van der Waals surface area contributed by atoms with E-state index in [1.807, 2.05) is 38.1 Å². The number of carbonyl (C=O) groups excluding carboxylic acids is 1. The molecule has 2 amide bonds. The van der Waals surface area contributed by atoms with Crippen LogP contribution < -0.4 is 15.5 Å². The summed E-state index contributed by atoms with van der Waals surface area (Å²) < 4.78 is 11.5. The van der Waals surface area contributed by atoms with Gasteiger partial charge in [-0.05, 0) is 44.5 Å². The highest BCUT2D eigenvalue weighted by molar-refractivity contribution is 5.89. The van der Waals surface area contributed by atoms with Crippen LogP contribution in [0.5, 0.6) is 0 Å². The maximum Gasteiger partial charge on any atom is 0.319 e. The molecule has 1 aromatic heterocycles. The van der Waals surface area contributed by atoms with Crippen LogP contribution in [-0.4, -0.2) is 60.6 Å². The zero-order valence-electron chi connectivity index (χ0n) is 18.0. The minimum absolute atomic E-state index is 0.0457. The van der Waals surface area contributed by atoms with Gasteiger partial charge in [0.05, 0.1) is 25.5 Å². The number of anilines is 2. The molecule has 2 aliphatic rings. The Kier molecular flexibility index (Phi) is 6.35. The van der Waals surface area contributed by atoms with Crippen LogP contribution in [-0.2, 0) is 21.7 Å². The molecule has 4 rings (SSSR count). The third-order valence-corrected chi connectivity index (χ3v) is 5.46. The van der Waals surface area contributed by atoms with E-state index in [2.05, 4.69) is 15.5 Å². The zero-order valence-corrected chi connectivity index (χ0v) is 18.0. The first-order chi connectivity index (χ1) is 15.0. The van der Waals surface area contributed by atoms with Crippen LogP contribution in [0.4, 0.5) is 16.3 Å². The Hall–Kier alpha value is -2.75. The van der Waals surface area contributed by atoms with Crippen molar-refractivity contribution in [1.82, 2.24) is 15.3 Å². The first kappa shape index (κ1) is 21.5. The lowest BCUT2D eigenvalue weighted by Crippen LogP contribution is -2.37. The summed E-state index contributed by atoms with van der Waals surface area (Å²) in [5, 5.41) is 14.3. The molecule has 0 aliphatic carbocycles. The number of nitrogens with zero attached hydrogens (tertiary/aromatic N) is 3. The third kappa shape index (κ3) is 4.79. The summed E-state index contributed by atoms with van der Waals surface area (Å²) in [7, 11) is 0. The molecule has 0 saturated carbocycles. The molecule has 31 heavy (non-hydrogen) atoms. The number of aromatic nitrogens is 2. The lowest BCUT2D eigenvalue weighted by Gasteiger charge is -2.29. The van der Waals surface area contributed by atoms with Gasteiger partial charge in [0.25, 0.3) is 0 Å². The van der Waals surface area contributed by atoms with E-state index in [0.29, 0.717) is 44.3 Å². The van der Waals surface area contributed by atoms with Crippen molar-refractivity contribution in [2.24, 2.45) is 0 Å². The Bertz CT molecular complexity index is 926. The van der Waals surface area contributed by atoms with Crippen LogP contribution >= 0.6 is 0 Å². The Morgan fingerprint density at radius 3 is 2.65 bits per heavy atom. The van der Waals surface area contributed by atoms with Crippen molar-refractivity contribution in [1.29, 1.82) is 0 Å². The normalized spacial score (nSPS) is 17.3. The fraction of sp³-hybridized carbons (Fsp3) is 0.500. The maximum atomic E-state index is 11.9. The summed E-state index contributed by atoms with van der Waals surface area (Å²) in [4.78, 5) is 23.9. The molecule has 1 fully saturated rings. The molecular formula is C22H29N5O4. The van der Waals surface area contributed by atoms with Crippen LogP contribution in [0.2, 0.25) is 0 Å². The monoisotopic (exact) mass is 427 g/mol. The summed E-state index contributed by atoms with van der Waals surface area (Å²) in [5.41, 5.74) is 3.04. The summed E-state index contributed by atoms with van der Waals surface area (Å²) >= 11 is 0. The number of amides is 2. The summed E-state index contributed by atoms with van der Waals surface area (Å²) in [6.45, 7) is 7.97. The summed E-state index contributed by atoms with van der Waals surface area (Å²) in [6.07, 6.45) is 0.521. The van der Waals surface area contributed by atoms with E-state index in [1.165, 1.54) is 0 Å². The Balaban J connectivity index is 1.58. The first-order valence-corrected chi connectivity index (χ1v) is 10.6. The fourth-order valence-electron chi connectivity index (χ4n) is 3.75. The highest BCUT2D eigenvalue weighted by Crippen LogP contribution is 2.40. The maximum absolute atomic E-state index is 11.9. The highest BCUT2D eigenvalue weighted by Gasteiger charge is 2.37. The SMILES string of the molecule is CC1(C)OCc2c(N3CCOCC3)nc(-c3ccc(NC(=O)NCCCO)cc3)nc21. The van der Waals surface area contributed by atoms with Gasteiger partial charge in [-0.25, -0.2) is 14.8 Å². The van der Waals surface area contributed by atoms with Crippen molar-refractivity contribution >= 4 is 17.5 Å². The van der Waals surface area contributed by atoms with Crippen molar-refractivity contribution in [3.63, 3.8) is 0 Å². The quantitative estimate of drug-likeness (QED) is 0.607. The fourth-order valence-corrected chi connectivity index (χ4v) is 3.75. The smallest absolute Gasteiger partial charge is 0.319 e. The molecule has 9 nitrogen and oxygen atoms in total. The van der Waals surface area contributed by atoms with E-state index in [9.17, 15) is 4.79 Å². The second-order valence-electron chi connectivity index (χ2n) is 8.13. The Labute approximate surface area is 181 Å². The number of hydrogen-bond acceptors (Lipinski definition) is 7. The summed E-state index contributed by atoms with van der Waals surface area (Å²) in [5.74, 6) is 1.55. The topological polar surface area (TPSA) is 109 Å². The number of rotatable bonds is 6. The molecule has 2 aliphatic heterocycles. The van der Waals surface area contributed by atoms with Gasteiger partial charge in [-0.15, -0.1) is 0 Å². The Morgan fingerprint density at radius 1 is 1.19 bits per heavy atom. The molecule has 9 heteroatoms. The number of aliphatic hydroxyl groups excluding tert-OH is 1. The number of morpholine rings is 1. The lowest BCUT2D eigenvalue weighted by molar-refractivity contribution is -0.0100. The molecule has 0 radical (unpaired) electrons. The molecular weight excluding hydrogens is 398 g/mol. The lowest BCUT2D eigenvalue weighted by atomic mass is 10.0. The number of aliphatic hydroxyl groups is 1. The second-order valence-corrected chi connectivity index (χ2v) is 8.13. The van der Waals surface area contributed by atoms with Gasteiger partial charge in [0, 0.05) is 43.1 Å². The van der Waals surface area contributed by atoms with Gasteiger partial charge in [-0.1, -0.05) is 0 Å². The van der Waals surface area contributed by atoms with Crippen LogP contribution in [0.15, 0.2) is 24.3 Å². The van der Waals surface area contributed by atoms with Gasteiger partial charge in [0.2, 0.25) is 0 Å². The average molecular weight is 428 g/mol. The predicted molar refractivity (Wildman–Crippen MR) is 117 cm³/mol. The van der Waals surface area contributed by atoms with E-state index < -0.39 is 5.60 Å². The highest BCUT2D eigenvalue weighted by atomic mass is 16.5. The van der Waals surface area contributed by atoms with E-state index in [-0.39, 0.29) is 12.6 Å². The molecule has 166 valence electrons. The van der Waals surface area contributed by atoms with E-state index in [0.717, 1.165) is 35.7 Å². The average Bonchev–Trinajstić information content (AvgIpc) is 3.09. The third-order valence-electron chi connectivity index (χ3n) is 5.46. The predicted octanol–water partition coefficient (Wildman–Crippen LogP) is 2.25. The minimum atomic E-state index is -0.470. The molecule has 0 spiro atoms. The van der Waals surface area contributed by atoms with Gasteiger partial charge < -0.3 is 30.1 Å². The molecule has 0 unspecified atom stereocenters. The number of carbonyl (C=O) groups is 1. The minimum Gasteiger partial charge on any atom is -0.396 e. The number of hydrogen-bond donors (Lipinski definition) is 3. The van der Waals surface area contributed by atoms with Crippen molar-refractivity contribution in [2.75, 3.05) is 49.7 Å². The van der Waals surface area contributed by atoms with Gasteiger partial charge >= 0.3 is 6.03 Å². The number of benzene rings is 1. The second kappa shape index (κ2) is 9.17. The van der Waals surface area contributed by atoms with E-state index in [1.54, 1.807) is 0 Å². The van der Waals surface area contributed by atoms with Crippen LogP contribution in [0.25, 0.3) is 11.4 Å². The summed E-state index contributed by atoms with van der Waals surface area (Å²) in [6, 6.07) is 7.15. The van der Waals surface area contributed by atoms with Gasteiger partial charge in [0.15, 0.2) is 5.82 Å². The molecule has 1 aromatic carbocycles. The van der Waals surface area contributed by atoms with Gasteiger partial charge in [-0.2, -0.15) is 0 Å². The molecule has 0 bridgehead atoms. The zero-order chi connectivity index (χ0) is 21.8. The number of urea groups is 1. The molecule has 0 atom stereocenters. The molecule has 2 aromatic rings. The molecule has 3 N–H and O–H groups in total. The van der Waals surface area contributed by atoms with Crippen molar-refractivity contribution < 1.29 is 19.4 Å². The first-order valence-electron chi connectivity index (χ1n) is 10.6. The van der Waals surface area contributed by atoms with E-state index in [4.69, 9.17) is 24.5 Å². The van der Waals surface area contributed by atoms with Crippen LogP contribution in [0, 0.1) is 0 Å². The van der Waals surface area contributed by atoms with Crippen molar-refractivity contribution in [3.05, 3.63) is 35.5 Å². The number of nitrogens with one attached hydrogen (secondary N) is 2. The van der Waals surface area contributed by atoms with Crippen LogP contribution in [0.1, 0.15) is 31.5 Å². The molecule has 1 saturated heterocycles.